The number of rotatable bonds is 0. The molecule has 0 bridgehead atoms. The van der Waals surface area contributed by atoms with Crippen molar-refractivity contribution in [2.45, 2.75) is 25.8 Å². The zero-order chi connectivity index (χ0) is 6.69. The quantitative estimate of drug-likeness (QED) is 0.520. The average Bonchev–Trinajstić information content (AvgIpc) is 1.88. The van der Waals surface area contributed by atoms with E-state index in [0.717, 1.165) is 19.4 Å². The van der Waals surface area contributed by atoms with Gasteiger partial charge in [-0.25, -0.2) is 0 Å². The molecule has 1 fully saturated rings. The van der Waals surface area contributed by atoms with Crippen molar-refractivity contribution in [1.29, 1.82) is 5.26 Å². The van der Waals surface area contributed by atoms with E-state index in [0.29, 0.717) is 12.0 Å². The molecule has 1 aliphatic heterocycles. The van der Waals surface area contributed by atoms with Gasteiger partial charge in [0.05, 0.1) is 6.07 Å². The number of nitrogens with one attached hydrogen (secondary N) is 1. The van der Waals surface area contributed by atoms with Gasteiger partial charge in [-0.1, -0.05) is 0 Å². The van der Waals surface area contributed by atoms with Crippen molar-refractivity contribution in [3.8, 4) is 6.07 Å². The highest BCUT2D eigenvalue weighted by molar-refractivity contribution is 4.88. The third kappa shape index (κ3) is 1.69. The van der Waals surface area contributed by atoms with Gasteiger partial charge in [0.25, 0.3) is 0 Å². The van der Waals surface area contributed by atoms with E-state index < -0.39 is 0 Å². The number of hydrogen-bond donors (Lipinski definition) is 1. The SMILES string of the molecule is C[C@H]1CC(C#N)CCN1. The van der Waals surface area contributed by atoms with Crippen molar-refractivity contribution in [1.82, 2.24) is 5.32 Å². The molecule has 1 saturated heterocycles. The molecule has 2 nitrogen and oxygen atoms in total. The molecule has 1 rings (SSSR count). The molecule has 0 aromatic carbocycles. The molecule has 0 aromatic heterocycles. The van der Waals surface area contributed by atoms with Crippen molar-refractivity contribution in [2.75, 3.05) is 6.54 Å². The Morgan fingerprint density at radius 3 is 2.89 bits per heavy atom. The molecule has 2 heteroatoms. The summed E-state index contributed by atoms with van der Waals surface area (Å²) in [4.78, 5) is 0. The van der Waals surface area contributed by atoms with Gasteiger partial charge in [0.15, 0.2) is 0 Å². The van der Waals surface area contributed by atoms with Crippen LogP contribution in [0.3, 0.4) is 0 Å². The lowest BCUT2D eigenvalue weighted by molar-refractivity contribution is 0.368. The summed E-state index contributed by atoms with van der Waals surface area (Å²) in [5.74, 6) is 0.307. The van der Waals surface area contributed by atoms with Crippen LogP contribution in [0, 0.1) is 17.2 Å². The van der Waals surface area contributed by atoms with Crippen LogP contribution in [-0.4, -0.2) is 12.6 Å². The van der Waals surface area contributed by atoms with Gasteiger partial charge in [-0.15, -0.1) is 0 Å². The van der Waals surface area contributed by atoms with E-state index in [1.54, 1.807) is 0 Å². The molecule has 1 N–H and O–H groups in total. The first-order chi connectivity index (χ1) is 4.33. The van der Waals surface area contributed by atoms with Gasteiger partial charge in [-0.3, -0.25) is 0 Å². The second-order valence-corrected chi connectivity index (χ2v) is 2.71. The summed E-state index contributed by atoms with van der Waals surface area (Å²) in [5.41, 5.74) is 0. The summed E-state index contributed by atoms with van der Waals surface area (Å²) >= 11 is 0. The Labute approximate surface area is 55.9 Å². The first kappa shape index (κ1) is 6.57. The van der Waals surface area contributed by atoms with Crippen LogP contribution in [0.1, 0.15) is 19.8 Å². The second kappa shape index (κ2) is 2.84. The highest BCUT2D eigenvalue weighted by atomic mass is 14.9. The van der Waals surface area contributed by atoms with Crippen LogP contribution in [-0.2, 0) is 0 Å². The number of piperidine rings is 1. The Hall–Kier alpha value is -0.550. The van der Waals surface area contributed by atoms with Gasteiger partial charge in [-0.2, -0.15) is 5.26 Å². The van der Waals surface area contributed by atoms with Crippen LogP contribution in [0.25, 0.3) is 0 Å². The van der Waals surface area contributed by atoms with E-state index in [1.807, 2.05) is 0 Å². The zero-order valence-electron chi connectivity index (χ0n) is 5.72. The summed E-state index contributed by atoms with van der Waals surface area (Å²) in [6, 6.07) is 2.84. The van der Waals surface area contributed by atoms with Gasteiger partial charge >= 0.3 is 0 Å². The normalized spacial score (nSPS) is 35.6. The third-order valence-electron chi connectivity index (χ3n) is 1.81. The van der Waals surface area contributed by atoms with E-state index in [1.165, 1.54) is 0 Å². The second-order valence-electron chi connectivity index (χ2n) is 2.71. The maximum Gasteiger partial charge on any atom is 0.0656 e. The number of nitrogens with zero attached hydrogens (tertiary/aromatic N) is 1. The molecule has 0 saturated carbocycles. The summed E-state index contributed by atoms with van der Waals surface area (Å²) in [5, 5.41) is 11.8. The molecule has 0 aromatic rings. The van der Waals surface area contributed by atoms with E-state index in [4.69, 9.17) is 5.26 Å². The third-order valence-corrected chi connectivity index (χ3v) is 1.81. The Morgan fingerprint density at radius 1 is 1.67 bits per heavy atom. The van der Waals surface area contributed by atoms with Crippen LogP contribution >= 0.6 is 0 Å². The molecule has 1 unspecified atom stereocenters. The van der Waals surface area contributed by atoms with Crippen molar-refractivity contribution >= 4 is 0 Å². The Balaban J connectivity index is 2.34. The lowest BCUT2D eigenvalue weighted by atomic mass is 9.95. The standard InChI is InChI=1S/C7H12N2/c1-6-4-7(5-8)2-3-9-6/h6-7,9H,2-4H2,1H3/t6-,7?/m0/s1. The van der Waals surface area contributed by atoms with Gasteiger partial charge in [-0.05, 0) is 26.3 Å². The lowest BCUT2D eigenvalue weighted by Crippen LogP contribution is -2.35. The summed E-state index contributed by atoms with van der Waals surface area (Å²) in [6.07, 6.45) is 2.05. The fraction of sp³-hybridized carbons (Fsp3) is 0.857. The molecule has 0 amide bonds. The zero-order valence-corrected chi connectivity index (χ0v) is 5.72. The minimum absolute atomic E-state index is 0.307. The molecular formula is C7H12N2. The van der Waals surface area contributed by atoms with Crippen LogP contribution in [0.15, 0.2) is 0 Å². The average molecular weight is 124 g/mol. The fourth-order valence-electron chi connectivity index (χ4n) is 1.25. The van der Waals surface area contributed by atoms with Crippen LogP contribution in [0.2, 0.25) is 0 Å². The van der Waals surface area contributed by atoms with Crippen molar-refractivity contribution in [2.24, 2.45) is 5.92 Å². The minimum atomic E-state index is 0.307. The molecule has 0 spiro atoms. The summed E-state index contributed by atoms with van der Waals surface area (Å²) < 4.78 is 0. The largest absolute Gasteiger partial charge is 0.314 e. The number of nitriles is 1. The predicted octanol–water partition coefficient (Wildman–Crippen LogP) is 0.898. The molecule has 50 valence electrons. The van der Waals surface area contributed by atoms with Crippen LogP contribution in [0.5, 0.6) is 0 Å². The van der Waals surface area contributed by atoms with Crippen molar-refractivity contribution in [3.63, 3.8) is 0 Å². The van der Waals surface area contributed by atoms with E-state index in [-0.39, 0.29) is 0 Å². The molecule has 0 aliphatic carbocycles. The van der Waals surface area contributed by atoms with E-state index >= 15 is 0 Å². The Kier molecular flexibility index (Phi) is 2.07. The monoisotopic (exact) mass is 124 g/mol. The van der Waals surface area contributed by atoms with Crippen LogP contribution in [0.4, 0.5) is 0 Å². The fourth-order valence-corrected chi connectivity index (χ4v) is 1.25. The first-order valence-electron chi connectivity index (χ1n) is 3.46. The van der Waals surface area contributed by atoms with E-state index in [2.05, 4.69) is 18.3 Å². The summed E-state index contributed by atoms with van der Waals surface area (Å²) in [6.45, 7) is 3.14. The lowest BCUT2D eigenvalue weighted by Gasteiger charge is -2.22. The Morgan fingerprint density at radius 2 is 2.44 bits per heavy atom. The maximum absolute atomic E-state index is 8.53. The summed E-state index contributed by atoms with van der Waals surface area (Å²) in [7, 11) is 0. The van der Waals surface area contributed by atoms with Gasteiger partial charge < -0.3 is 5.32 Å². The van der Waals surface area contributed by atoms with Gasteiger partial charge in [0.2, 0.25) is 0 Å². The minimum Gasteiger partial charge on any atom is -0.314 e. The topological polar surface area (TPSA) is 35.8 Å². The van der Waals surface area contributed by atoms with Crippen LogP contribution < -0.4 is 5.32 Å². The highest BCUT2D eigenvalue weighted by Crippen LogP contribution is 2.13. The molecular weight excluding hydrogens is 112 g/mol. The smallest absolute Gasteiger partial charge is 0.0656 e. The molecule has 9 heavy (non-hydrogen) atoms. The molecule has 1 aliphatic rings. The number of hydrogen-bond acceptors (Lipinski definition) is 2. The van der Waals surface area contributed by atoms with Crippen molar-refractivity contribution < 1.29 is 0 Å². The Bertz CT molecular complexity index is 125. The van der Waals surface area contributed by atoms with Gasteiger partial charge in [0, 0.05) is 12.0 Å². The van der Waals surface area contributed by atoms with E-state index in [9.17, 15) is 0 Å². The molecule has 0 radical (unpaired) electrons. The highest BCUT2D eigenvalue weighted by Gasteiger charge is 2.16. The first-order valence-corrected chi connectivity index (χ1v) is 3.46. The molecule has 1 heterocycles. The molecule has 2 atom stereocenters. The van der Waals surface area contributed by atoms with Crippen molar-refractivity contribution in [3.05, 3.63) is 0 Å². The van der Waals surface area contributed by atoms with Gasteiger partial charge in [0.1, 0.15) is 0 Å². The predicted molar refractivity (Wildman–Crippen MR) is 35.8 cm³/mol. The maximum atomic E-state index is 8.53.